The predicted octanol–water partition coefficient (Wildman–Crippen LogP) is 2.48. The monoisotopic (exact) mass is 286 g/mol. The van der Waals surface area contributed by atoms with Gasteiger partial charge in [0.1, 0.15) is 0 Å². The number of carbonyl (C=O) groups excluding carboxylic acids is 1. The van der Waals surface area contributed by atoms with E-state index in [-0.39, 0.29) is 5.91 Å². The second-order valence-electron chi connectivity index (χ2n) is 4.62. The highest BCUT2D eigenvalue weighted by Gasteiger charge is 2.18. The van der Waals surface area contributed by atoms with Gasteiger partial charge < -0.3 is 10.6 Å². The van der Waals surface area contributed by atoms with Crippen molar-refractivity contribution in [1.82, 2.24) is 15.1 Å². The Labute approximate surface area is 120 Å². The molecule has 2 heterocycles. The van der Waals surface area contributed by atoms with Crippen LogP contribution in [-0.2, 0) is 6.54 Å². The van der Waals surface area contributed by atoms with Gasteiger partial charge in [0.2, 0.25) is 0 Å². The maximum absolute atomic E-state index is 12.5. The van der Waals surface area contributed by atoms with Gasteiger partial charge in [-0.15, -0.1) is 11.3 Å². The van der Waals surface area contributed by atoms with Gasteiger partial charge in [-0.05, 0) is 29.6 Å². The maximum Gasteiger partial charge on any atom is 0.275 e. The summed E-state index contributed by atoms with van der Waals surface area (Å²) >= 11 is 1.63. The number of H-pyrrole nitrogens is 1. The Bertz CT molecular complexity index is 748. The molecule has 0 radical (unpaired) electrons. The lowest BCUT2D eigenvalue weighted by Crippen LogP contribution is -2.26. The number of aromatic nitrogens is 2. The van der Waals surface area contributed by atoms with Crippen molar-refractivity contribution in [2.24, 2.45) is 0 Å². The number of hydrogen-bond donors (Lipinski definition) is 2. The van der Waals surface area contributed by atoms with Crippen LogP contribution in [0.25, 0.3) is 10.9 Å². The summed E-state index contributed by atoms with van der Waals surface area (Å²) in [5.74, 6) is -0.116. The molecule has 1 amide bonds. The molecule has 0 aliphatic heterocycles. The number of amides is 1. The molecule has 0 unspecified atom stereocenters. The van der Waals surface area contributed by atoms with Crippen LogP contribution < -0.4 is 5.73 Å². The van der Waals surface area contributed by atoms with Crippen molar-refractivity contribution < 1.29 is 4.79 Å². The zero-order chi connectivity index (χ0) is 14.1. The Balaban J connectivity index is 1.90. The lowest BCUT2D eigenvalue weighted by Gasteiger charge is -2.14. The molecule has 3 N–H and O–H groups in total. The number of nitrogens with one attached hydrogen (secondary N) is 1. The van der Waals surface area contributed by atoms with Crippen molar-refractivity contribution in [1.29, 1.82) is 0 Å². The fourth-order valence-electron chi connectivity index (χ4n) is 2.08. The van der Waals surface area contributed by atoms with Crippen LogP contribution in [0.15, 0.2) is 35.7 Å². The highest BCUT2D eigenvalue weighted by atomic mass is 32.1. The quantitative estimate of drug-likeness (QED) is 0.726. The van der Waals surface area contributed by atoms with Gasteiger partial charge >= 0.3 is 0 Å². The number of nitrogens with two attached hydrogens (primary N) is 1. The van der Waals surface area contributed by atoms with Crippen LogP contribution in [0.2, 0.25) is 0 Å². The standard InChI is InChI=1S/C14H14N4OS/c1-18(8-10-3-2-6-20-10)14(19)13-11-7-9(15)4-5-12(11)16-17-13/h2-7H,8,15H2,1H3,(H,16,17). The minimum atomic E-state index is -0.116. The van der Waals surface area contributed by atoms with Crippen molar-refractivity contribution >= 4 is 33.8 Å². The summed E-state index contributed by atoms with van der Waals surface area (Å²) in [6.45, 7) is 0.577. The molecule has 3 aromatic rings. The first-order valence-electron chi connectivity index (χ1n) is 6.16. The average Bonchev–Trinajstić information content (AvgIpc) is 3.06. The van der Waals surface area contributed by atoms with Crippen molar-refractivity contribution in [2.45, 2.75) is 6.54 Å². The summed E-state index contributed by atoms with van der Waals surface area (Å²) in [4.78, 5) is 15.3. The third-order valence-electron chi connectivity index (χ3n) is 3.11. The molecule has 0 atom stereocenters. The van der Waals surface area contributed by atoms with Gasteiger partial charge in [0.05, 0.1) is 12.1 Å². The third kappa shape index (κ3) is 2.25. The molecular weight excluding hydrogens is 272 g/mol. The number of nitrogen functional groups attached to an aromatic ring is 1. The highest BCUT2D eigenvalue weighted by Crippen LogP contribution is 2.21. The Morgan fingerprint density at radius 1 is 1.45 bits per heavy atom. The van der Waals surface area contributed by atoms with E-state index >= 15 is 0 Å². The molecule has 0 spiro atoms. The summed E-state index contributed by atoms with van der Waals surface area (Å²) in [6.07, 6.45) is 0. The van der Waals surface area contributed by atoms with Crippen LogP contribution in [0, 0.1) is 0 Å². The number of anilines is 1. The molecule has 6 heteroatoms. The first-order valence-corrected chi connectivity index (χ1v) is 7.04. The van der Waals surface area contributed by atoms with E-state index in [1.54, 1.807) is 35.4 Å². The lowest BCUT2D eigenvalue weighted by atomic mass is 10.2. The third-order valence-corrected chi connectivity index (χ3v) is 3.97. The summed E-state index contributed by atoms with van der Waals surface area (Å²) in [6, 6.07) is 9.36. The molecule has 3 rings (SSSR count). The largest absolute Gasteiger partial charge is 0.399 e. The number of carbonyl (C=O) groups is 1. The summed E-state index contributed by atoms with van der Waals surface area (Å²) in [5, 5.41) is 9.73. The number of benzene rings is 1. The number of nitrogens with zero attached hydrogens (tertiary/aromatic N) is 2. The molecule has 0 bridgehead atoms. The first-order chi connectivity index (χ1) is 9.65. The van der Waals surface area contributed by atoms with Crippen molar-refractivity contribution in [3.05, 3.63) is 46.3 Å². The van der Waals surface area contributed by atoms with E-state index in [9.17, 15) is 4.79 Å². The number of thiophene rings is 1. The summed E-state index contributed by atoms with van der Waals surface area (Å²) in [7, 11) is 1.77. The van der Waals surface area contributed by atoms with Crippen LogP contribution in [0.5, 0.6) is 0 Å². The van der Waals surface area contributed by atoms with E-state index in [2.05, 4.69) is 10.2 Å². The fraction of sp³-hybridized carbons (Fsp3) is 0.143. The smallest absolute Gasteiger partial charge is 0.275 e. The predicted molar refractivity (Wildman–Crippen MR) is 80.6 cm³/mol. The summed E-state index contributed by atoms with van der Waals surface area (Å²) < 4.78 is 0. The number of aromatic amines is 1. The second kappa shape index (κ2) is 4.97. The molecule has 0 fully saturated rings. The zero-order valence-electron chi connectivity index (χ0n) is 11.0. The summed E-state index contributed by atoms with van der Waals surface area (Å²) in [5.41, 5.74) is 7.61. The minimum absolute atomic E-state index is 0.116. The lowest BCUT2D eigenvalue weighted by molar-refractivity contribution is 0.0782. The molecule has 0 saturated heterocycles. The Morgan fingerprint density at radius 3 is 3.05 bits per heavy atom. The van der Waals surface area contributed by atoms with Crippen LogP contribution in [0.1, 0.15) is 15.4 Å². The SMILES string of the molecule is CN(Cc1cccs1)C(=O)c1n[nH]c2ccc(N)cc12. The first kappa shape index (κ1) is 12.7. The number of fused-ring (bicyclic) bond motifs is 1. The fourth-order valence-corrected chi connectivity index (χ4v) is 2.84. The van der Waals surface area contributed by atoms with Gasteiger partial charge in [0.25, 0.3) is 5.91 Å². The topological polar surface area (TPSA) is 75.0 Å². The molecule has 2 aromatic heterocycles. The second-order valence-corrected chi connectivity index (χ2v) is 5.65. The van der Waals surface area contributed by atoms with Gasteiger partial charge in [-0.1, -0.05) is 6.07 Å². The molecular formula is C14H14N4OS. The minimum Gasteiger partial charge on any atom is -0.399 e. The molecule has 0 aliphatic rings. The van der Waals surface area contributed by atoms with E-state index in [1.807, 2.05) is 23.6 Å². The number of rotatable bonds is 3. The Morgan fingerprint density at radius 2 is 2.30 bits per heavy atom. The van der Waals surface area contributed by atoms with E-state index < -0.39 is 0 Å². The zero-order valence-corrected chi connectivity index (χ0v) is 11.8. The highest BCUT2D eigenvalue weighted by molar-refractivity contribution is 7.09. The number of hydrogen-bond acceptors (Lipinski definition) is 4. The Kier molecular flexibility index (Phi) is 3.15. The van der Waals surface area contributed by atoms with Crippen LogP contribution in [-0.4, -0.2) is 28.1 Å². The molecule has 5 nitrogen and oxygen atoms in total. The van der Waals surface area contributed by atoms with Crippen molar-refractivity contribution in [3.63, 3.8) is 0 Å². The van der Waals surface area contributed by atoms with E-state index in [0.717, 1.165) is 15.8 Å². The molecule has 0 saturated carbocycles. The molecule has 0 aliphatic carbocycles. The van der Waals surface area contributed by atoms with Crippen molar-refractivity contribution in [3.8, 4) is 0 Å². The van der Waals surface area contributed by atoms with Gasteiger partial charge in [-0.25, -0.2) is 0 Å². The molecule has 1 aromatic carbocycles. The normalized spacial score (nSPS) is 10.8. The average molecular weight is 286 g/mol. The Hall–Kier alpha value is -2.34. The van der Waals surface area contributed by atoms with E-state index in [4.69, 9.17) is 5.73 Å². The van der Waals surface area contributed by atoms with Crippen LogP contribution in [0.4, 0.5) is 5.69 Å². The van der Waals surface area contributed by atoms with Gasteiger partial charge in [0.15, 0.2) is 5.69 Å². The molecule has 102 valence electrons. The van der Waals surface area contributed by atoms with Gasteiger partial charge in [-0.2, -0.15) is 5.10 Å². The maximum atomic E-state index is 12.5. The van der Waals surface area contributed by atoms with Crippen LogP contribution in [0.3, 0.4) is 0 Å². The van der Waals surface area contributed by atoms with Crippen LogP contribution >= 0.6 is 11.3 Å². The van der Waals surface area contributed by atoms with Gasteiger partial charge in [0, 0.05) is 23.0 Å². The van der Waals surface area contributed by atoms with Crippen molar-refractivity contribution in [2.75, 3.05) is 12.8 Å². The van der Waals surface area contributed by atoms with E-state index in [1.165, 1.54) is 0 Å². The van der Waals surface area contributed by atoms with E-state index in [0.29, 0.717) is 17.9 Å². The molecule has 20 heavy (non-hydrogen) atoms. The van der Waals surface area contributed by atoms with Gasteiger partial charge in [-0.3, -0.25) is 9.89 Å².